The minimum Gasteiger partial charge on any atom is -0.372 e. The van der Waals surface area contributed by atoms with E-state index in [1.54, 1.807) is 32.0 Å². The Kier molecular flexibility index (Phi) is 5.50. The molecule has 1 N–H and O–H groups in total. The molecule has 1 unspecified atom stereocenters. The van der Waals surface area contributed by atoms with Crippen molar-refractivity contribution in [2.75, 3.05) is 12.4 Å². The maximum atomic E-state index is 11.8. The van der Waals surface area contributed by atoms with Gasteiger partial charge >= 0.3 is 0 Å². The number of carbonyl (C=O) groups is 2. The predicted octanol–water partition coefficient (Wildman–Crippen LogP) is 3.02. The molecule has 0 fully saturated rings. The van der Waals surface area contributed by atoms with Crippen molar-refractivity contribution in [2.24, 2.45) is 0 Å². The number of ketones is 1. The highest BCUT2D eigenvalue weighted by Crippen LogP contribution is 2.23. The minimum absolute atomic E-state index is 0.0112. The van der Waals surface area contributed by atoms with Crippen LogP contribution < -0.4 is 5.32 Å². The second kappa shape index (κ2) is 6.66. The third kappa shape index (κ3) is 3.65. The highest BCUT2D eigenvalue weighted by atomic mass is 79.9. The molecule has 0 saturated heterocycles. The van der Waals surface area contributed by atoms with Crippen molar-refractivity contribution < 1.29 is 14.3 Å². The fourth-order valence-electron chi connectivity index (χ4n) is 1.39. The Morgan fingerprint density at radius 1 is 1.44 bits per heavy atom. The molecule has 1 aromatic rings. The van der Waals surface area contributed by atoms with Crippen LogP contribution in [0.2, 0.25) is 0 Å². The first kappa shape index (κ1) is 14.9. The lowest BCUT2D eigenvalue weighted by Gasteiger charge is -2.13. The fourth-order valence-corrected chi connectivity index (χ4v) is 1.76. The van der Waals surface area contributed by atoms with Gasteiger partial charge in [0.1, 0.15) is 6.10 Å². The number of nitrogens with one attached hydrogen (secondary N) is 1. The lowest BCUT2D eigenvalue weighted by Crippen LogP contribution is -2.27. The van der Waals surface area contributed by atoms with Crippen LogP contribution in [-0.4, -0.2) is 24.9 Å². The van der Waals surface area contributed by atoms with Crippen LogP contribution in [0, 0.1) is 0 Å². The van der Waals surface area contributed by atoms with Crippen molar-refractivity contribution >= 4 is 33.3 Å². The first-order valence-corrected chi connectivity index (χ1v) is 6.45. The summed E-state index contributed by atoms with van der Waals surface area (Å²) in [5, 5.41) is 2.70. The van der Waals surface area contributed by atoms with Crippen molar-refractivity contribution in [3.63, 3.8) is 0 Å². The van der Waals surface area contributed by atoms with Crippen LogP contribution in [-0.2, 0) is 9.53 Å². The van der Waals surface area contributed by atoms with E-state index in [4.69, 9.17) is 4.74 Å². The first-order valence-electron chi connectivity index (χ1n) is 5.66. The number of Topliss-reactive ketones (excluding diaryl/α,β-unsaturated/α-hetero) is 1. The third-order valence-electron chi connectivity index (χ3n) is 2.58. The summed E-state index contributed by atoms with van der Waals surface area (Å²) in [5.74, 6) is -0.288. The van der Waals surface area contributed by atoms with Crippen LogP contribution in [0.5, 0.6) is 0 Å². The van der Waals surface area contributed by atoms with Crippen LogP contribution in [0.3, 0.4) is 0 Å². The summed E-state index contributed by atoms with van der Waals surface area (Å²) in [6.07, 6.45) is -0.168. The highest BCUT2D eigenvalue weighted by molar-refractivity contribution is 9.10. The number of anilines is 1. The van der Waals surface area contributed by atoms with Gasteiger partial charge in [0.05, 0.1) is 5.69 Å². The molecule has 0 aliphatic rings. The average Bonchev–Trinajstić information content (AvgIpc) is 2.37. The van der Waals surface area contributed by atoms with E-state index in [1.165, 1.54) is 7.11 Å². The van der Waals surface area contributed by atoms with Gasteiger partial charge in [-0.25, -0.2) is 0 Å². The van der Waals surface area contributed by atoms with Gasteiger partial charge in [0.15, 0.2) is 5.78 Å². The van der Waals surface area contributed by atoms with Gasteiger partial charge in [0, 0.05) is 23.6 Å². The van der Waals surface area contributed by atoms with Crippen LogP contribution in [0.25, 0.3) is 0 Å². The van der Waals surface area contributed by atoms with E-state index in [2.05, 4.69) is 21.2 Å². The van der Waals surface area contributed by atoms with E-state index >= 15 is 0 Å². The van der Waals surface area contributed by atoms with Crippen molar-refractivity contribution in [2.45, 2.75) is 26.4 Å². The van der Waals surface area contributed by atoms with Gasteiger partial charge in [-0.15, -0.1) is 0 Å². The lowest BCUT2D eigenvalue weighted by atomic mass is 10.1. The van der Waals surface area contributed by atoms with E-state index in [-0.39, 0.29) is 11.7 Å². The number of methoxy groups -OCH3 is 1. The molecular weight excluding hydrogens is 298 g/mol. The summed E-state index contributed by atoms with van der Waals surface area (Å²) in [4.78, 5) is 23.5. The summed E-state index contributed by atoms with van der Waals surface area (Å²) in [6.45, 7) is 3.43. The van der Waals surface area contributed by atoms with Gasteiger partial charge in [0.25, 0.3) is 5.91 Å². The molecule has 98 valence electrons. The van der Waals surface area contributed by atoms with Gasteiger partial charge in [-0.3, -0.25) is 9.59 Å². The largest absolute Gasteiger partial charge is 0.372 e. The van der Waals surface area contributed by atoms with Crippen LogP contribution in [0.1, 0.15) is 30.6 Å². The number of ether oxygens (including phenoxy) is 1. The summed E-state index contributed by atoms with van der Waals surface area (Å²) in [6, 6.07) is 5.18. The molecule has 0 bridgehead atoms. The standard InChI is InChI=1S/C13H16BrNO3/c1-4-12(16)10-6-5-9(14)7-11(10)15-13(17)8(2)18-3/h5-8H,4H2,1-3H3,(H,15,17). The Labute approximate surface area is 115 Å². The first-order chi connectivity index (χ1) is 8.49. The molecule has 0 aromatic heterocycles. The normalized spacial score (nSPS) is 12.0. The molecule has 4 nitrogen and oxygen atoms in total. The Morgan fingerprint density at radius 3 is 2.67 bits per heavy atom. The third-order valence-corrected chi connectivity index (χ3v) is 3.08. The number of hydrogen-bond donors (Lipinski definition) is 1. The maximum Gasteiger partial charge on any atom is 0.253 e. The molecule has 5 heteroatoms. The molecule has 0 radical (unpaired) electrons. The molecule has 1 aromatic carbocycles. The fraction of sp³-hybridized carbons (Fsp3) is 0.385. The van der Waals surface area contributed by atoms with E-state index < -0.39 is 6.10 Å². The monoisotopic (exact) mass is 313 g/mol. The van der Waals surface area contributed by atoms with Gasteiger partial charge in [-0.05, 0) is 25.1 Å². The molecular formula is C13H16BrNO3. The number of carbonyl (C=O) groups excluding carboxylic acids is 2. The SMILES string of the molecule is CCC(=O)c1ccc(Br)cc1NC(=O)C(C)OC. The van der Waals surface area contributed by atoms with Crippen LogP contribution in [0.4, 0.5) is 5.69 Å². The number of rotatable bonds is 5. The second-order valence-corrected chi connectivity index (χ2v) is 4.75. The van der Waals surface area contributed by atoms with Gasteiger partial charge < -0.3 is 10.1 Å². The molecule has 1 rings (SSSR count). The summed E-state index contributed by atoms with van der Waals surface area (Å²) in [5.41, 5.74) is 1.02. The smallest absolute Gasteiger partial charge is 0.253 e. The van der Waals surface area contributed by atoms with Crippen LogP contribution >= 0.6 is 15.9 Å². The summed E-state index contributed by atoms with van der Waals surface area (Å²) in [7, 11) is 1.46. The van der Waals surface area contributed by atoms with E-state index in [0.29, 0.717) is 17.7 Å². The van der Waals surface area contributed by atoms with Crippen molar-refractivity contribution in [3.05, 3.63) is 28.2 Å². The predicted molar refractivity (Wildman–Crippen MR) is 73.9 cm³/mol. The minimum atomic E-state index is -0.562. The zero-order chi connectivity index (χ0) is 13.7. The Hall–Kier alpha value is -1.20. The zero-order valence-electron chi connectivity index (χ0n) is 10.6. The van der Waals surface area contributed by atoms with Gasteiger partial charge in [-0.1, -0.05) is 22.9 Å². The number of amides is 1. The molecule has 0 heterocycles. The second-order valence-electron chi connectivity index (χ2n) is 3.83. The summed E-state index contributed by atoms with van der Waals surface area (Å²) < 4.78 is 5.73. The number of halogens is 1. The molecule has 18 heavy (non-hydrogen) atoms. The Bertz CT molecular complexity index is 460. The number of benzene rings is 1. The Balaban J connectivity index is 3.03. The van der Waals surface area contributed by atoms with Gasteiger partial charge in [-0.2, -0.15) is 0 Å². The highest BCUT2D eigenvalue weighted by Gasteiger charge is 2.16. The number of hydrogen-bond acceptors (Lipinski definition) is 3. The Morgan fingerprint density at radius 2 is 2.11 bits per heavy atom. The van der Waals surface area contributed by atoms with Crippen molar-refractivity contribution in [1.82, 2.24) is 0 Å². The molecule has 0 aliphatic carbocycles. The molecule has 0 spiro atoms. The molecule has 0 saturated carbocycles. The molecule has 0 aliphatic heterocycles. The molecule has 1 atom stereocenters. The molecule has 1 amide bonds. The van der Waals surface area contributed by atoms with E-state index in [1.807, 2.05) is 0 Å². The quantitative estimate of drug-likeness (QED) is 0.850. The van der Waals surface area contributed by atoms with E-state index in [0.717, 1.165) is 4.47 Å². The maximum absolute atomic E-state index is 11.8. The zero-order valence-corrected chi connectivity index (χ0v) is 12.2. The summed E-state index contributed by atoms with van der Waals surface area (Å²) >= 11 is 3.32. The van der Waals surface area contributed by atoms with Crippen molar-refractivity contribution in [1.29, 1.82) is 0 Å². The van der Waals surface area contributed by atoms with Gasteiger partial charge in [0.2, 0.25) is 0 Å². The lowest BCUT2D eigenvalue weighted by molar-refractivity contribution is -0.124. The van der Waals surface area contributed by atoms with Crippen molar-refractivity contribution in [3.8, 4) is 0 Å². The average molecular weight is 314 g/mol. The topological polar surface area (TPSA) is 55.4 Å². The van der Waals surface area contributed by atoms with Crippen LogP contribution in [0.15, 0.2) is 22.7 Å². The van der Waals surface area contributed by atoms with E-state index in [9.17, 15) is 9.59 Å².